The van der Waals surface area contributed by atoms with Crippen LogP contribution in [0.1, 0.15) is 39.9 Å². The van der Waals surface area contributed by atoms with Crippen molar-refractivity contribution in [2.24, 2.45) is 5.16 Å². The van der Waals surface area contributed by atoms with Crippen LogP contribution in [0, 0.1) is 27.2 Å². The fourth-order valence-corrected chi connectivity index (χ4v) is 3.07. The van der Waals surface area contributed by atoms with E-state index in [4.69, 9.17) is 4.84 Å². The summed E-state index contributed by atoms with van der Waals surface area (Å²) in [5, 5.41) is 35.6. The van der Waals surface area contributed by atoms with Gasteiger partial charge in [0.25, 0.3) is 11.4 Å². The van der Waals surface area contributed by atoms with Gasteiger partial charge in [-0.25, -0.2) is 4.79 Å². The molecule has 0 saturated heterocycles. The van der Waals surface area contributed by atoms with Gasteiger partial charge in [-0.05, 0) is 49.4 Å². The Hall–Kier alpha value is -3.82. The Morgan fingerprint density at radius 3 is 2.36 bits per heavy atom. The zero-order valence-corrected chi connectivity index (χ0v) is 14.7. The second kappa shape index (κ2) is 7.43. The monoisotopic (exact) mass is 385 g/mol. The van der Waals surface area contributed by atoms with Crippen LogP contribution in [-0.4, -0.2) is 26.6 Å². The van der Waals surface area contributed by atoms with E-state index in [0.717, 1.165) is 47.7 Å². The third-order valence-electron chi connectivity index (χ3n) is 4.52. The number of carbonyl (C=O) groups excluding carboxylic acids is 1. The fraction of sp³-hybridized carbons (Fsp3) is 0.222. The zero-order valence-electron chi connectivity index (χ0n) is 14.7. The minimum absolute atomic E-state index is 0.167. The highest BCUT2D eigenvalue weighted by Gasteiger charge is 2.23. The molecule has 3 rings (SSSR count). The Kier molecular flexibility index (Phi) is 5.03. The predicted molar refractivity (Wildman–Crippen MR) is 97.5 cm³/mol. The highest BCUT2D eigenvalue weighted by Crippen LogP contribution is 2.30. The van der Waals surface area contributed by atoms with Gasteiger partial charge in [0, 0.05) is 17.7 Å². The van der Waals surface area contributed by atoms with Crippen LogP contribution in [-0.2, 0) is 11.3 Å². The molecule has 0 spiro atoms. The van der Waals surface area contributed by atoms with E-state index in [1.807, 2.05) is 0 Å². The number of non-ortho nitro benzene ring substituents is 2. The maximum Gasteiger partial charge on any atom is 0.366 e. The molecular formula is C18H15N3O7. The van der Waals surface area contributed by atoms with Gasteiger partial charge in [0.05, 0.1) is 27.2 Å². The molecule has 10 heteroatoms. The third kappa shape index (κ3) is 3.65. The summed E-state index contributed by atoms with van der Waals surface area (Å²) in [5.41, 5.74) is 1.35. The van der Waals surface area contributed by atoms with Crippen molar-refractivity contribution in [3.63, 3.8) is 0 Å². The molecule has 0 heterocycles. The quantitative estimate of drug-likeness (QED) is 0.482. The Bertz CT molecular complexity index is 998. The molecule has 1 aliphatic rings. The number of nitrogens with zero attached hydrogens (tertiary/aromatic N) is 3. The maximum absolute atomic E-state index is 12.3. The number of phenols is 1. The van der Waals surface area contributed by atoms with Gasteiger partial charge < -0.3 is 9.94 Å². The zero-order chi connectivity index (χ0) is 20.4. The molecule has 0 amide bonds. The number of hydrogen-bond acceptors (Lipinski definition) is 8. The molecule has 0 atom stereocenters. The smallest absolute Gasteiger partial charge is 0.366 e. The van der Waals surface area contributed by atoms with Crippen molar-refractivity contribution in [3.8, 4) is 5.75 Å². The SMILES string of the molecule is Cc1c(O)ccc2c1CCCC2=NOC(=O)c1cc([N+](=O)[O-])cc([N+](=O)[O-])c1. The van der Waals surface area contributed by atoms with Crippen LogP contribution in [0.25, 0.3) is 0 Å². The third-order valence-corrected chi connectivity index (χ3v) is 4.52. The van der Waals surface area contributed by atoms with Gasteiger partial charge in [0.1, 0.15) is 5.75 Å². The van der Waals surface area contributed by atoms with Crippen molar-refractivity contribution < 1.29 is 24.6 Å². The lowest BCUT2D eigenvalue weighted by Crippen LogP contribution is -2.15. The number of nitro groups is 2. The van der Waals surface area contributed by atoms with E-state index >= 15 is 0 Å². The minimum atomic E-state index is -1.04. The summed E-state index contributed by atoms with van der Waals surface area (Å²) in [6, 6.07) is 5.76. The summed E-state index contributed by atoms with van der Waals surface area (Å²) < 4.78 is 0. The lowest BCUT2D eigenvalue weighted by Gasteiger charge is -2.19. The number of phenolic OH excluding ortho intramolecular Hbond substituents is 1. The molecule has 0 fully saturated rings. The fourth-order valence-electron chi connectivity index (χ4n) is 3.07. The molecule has 0 radical (unpaired) electrons. The van der Waals surface area contributed by atoms with Gasteiger partial charge in [0.15, 0.2) is 0 Å². The molecule has 10 nitrogen and oxygen atoms in total. The van der Waals surface area contributed by atoms with Crippen LogP contribution in [0.5, 0.6) is 5.75 Å². The Balaban J connectivity index is 1.90. The number of nitro benzene ring substituents is 2. The summed E-state index contributed by atoms with van der Waals surface area (Å²) in [6.45, 7) is 1.78. The van der Waals surface area contributed by atoms with Crippen molar-refractivity contribution in [2.45, 2.75) is 26.2 Å². The maximum atomic E-state index is 12.3. The van der Waals surface area contributed by atoms with Gasteiger partial charge >= 0.3 is 5.97 Å². The Morgan fingerprint density at radius 2 is 1.75 bits per heavy atom. The van der Waals surface area contributed by atoms with Crippen molar-refractivity contribution in [2.75, 3.05) is 0 Å². The first kappa shape index (κ1) is 19.0. The molecule has 0 saturated carbocycles. The summed E-state index contributed by atoms with van der Waals surface area (Å²) >= 11 is 0. The number of rotatable bonds is 4. The number of hydrogen-bond donors (Lipinski definition) is 1. The van der Waals surface area contributed by atoms with E-state index in [-0.39, 0.29) is 11.3 Å². The molecule has 1 N–H and O–H groups in total. The molecule has 28 heavy (non-hydrogen) atoms. The van der Waals surface area contributed by atoms with Crippen LogP contribution < -0.4 is 0 Å². The Morgan fingerprint density at radius 1 is 1.11 bits per heavy atom. The van der Waals surface area contributed by atoms with E-state index in [2.05, 4.69) is 5.16 Å². The Labute approximate surface area is 158 Å². The number of fused-ring (bicyclic) bond motifs is 1. The summed E-state index contributed by atoms with van der Waals surface area (Å²) in [4.78, 5) is 37.4. The standard InChI is InChI=1S/C18H15N3O7/c1-10-14-3-2-4-16(15(14)5-6-17(10)22)19-28-18(23)11-7-12(20(24)25)9-13(8-11)21(26)27/h5-9,22H,2-4H2,1H3. The van der Waals surface area contributed by atoms with E-state index in [1.54, 1.807) is 13.0 Å². The molecule has 144 valence electrons. The van der Waals surface area contributed by atoms with Crippen molar-refractivity contribution in [3.05, 3.63) is 72.8 Å². The first-order chi connectivity index (χ1) is 13.3. The molecule has 0 unspecified atom stereocenters. The van der Waals surface area contributed by atoms with E-state index < -0.39 is 27.2 Å². The van der Waals surface area contributed by atoms with E-state index in [1.165, 1.54) is 6.07 Å². The van der Waals surface area contributed by atoms with E-state index in [9.17, 15) is 30.1 Å². The first-order valence-corrected chi connectivity index (χ1v) is 8.32. The second-order valence-corrected chi connectivity index (χ2v) is 6.26. The molecule has 2 aromatic rings. The summed E-state index contributed by atoms with van der Waals surface area (Å²) in [6.07, 6.45) is 2.04. The number of oxime groups is 1. The average Bonchev–Trinajstić information content (AvgIpc) is 2.68. The number of benzene rings is 2. The van der Waals surface area contributed by atoms with Crippen molar-refractivity contribution in [1.29, 1.82) is 0 Å². The first-order valence-electron chi connectivity index (χ1n) is 8.32. The number of aromatic hydroxyl groups is 1. The van der Waals surface area contributed by atoms with Crippen LogP contribution in [0.2, 0.25) is 0 Å². The van der Waals surface area contributed by atoms with Crippen molar-refractivity contribution >= 4 is 23.1 Å². The predicted octanol–water partition coefficient (Wildman–Crippen LogP) is 3.41. The van der Waals surface area contributed by atoms with Crippen LogP contribution in [0.15, 0.2) is 35.5 Å². The second-order valence-electron chi connectivity index (χ2n) is 6.26. The molecule has 0 aromatic heterocycles. The lowest BCUT2D eigenvalue weighted by molar-refractivity contribution is -0.394. The van der Waals surface area contributed by atoms with Crippen LogP contribution in [0.3, 0.4) is 0 Å². The summed E-state index contributed by atoms with van der Waals surface area (Å²) in [5.74, 6) is -0.872. The van der Waals surface area contributed by atoms with Gasteiger partial charge in [-0.2, -0.15) is 0 Å². The molecule has 0 aliphatic heterocycles. The topological polar surface area (TPSA) is 145 Å². The number of carbonyl (C=O) groups is 1. The van der Waals surface area contributed by atoms with Crippen LogP contribution >= 0.6 is 0 Å². The molecule has 0 bridgehead atoms. The normalized spacial score (nSPS) is 14.4. The largest absolute Gasteiger partial charge is 0.508 e. The minimum Gasteiger partial charge on any atom is -0.508 e. The molecule has 1 aliphatic carbocycles. The van der Waals surface area contributed by atoms with Crippen LogP contribution in [0.4, 0.5) is 11.4 Å². The lowest BCUT2D eigenvalue weighted by atomic mass is 9.87. The van der Waals surface area contributed by atoms with Gasteiger partial charge in [0.2, 0.25) is 0 Å². The molecular weight excluding hydrogens is 370 g/mol. The highest BCUT2D eigenvalue weighted by atomic mass is 16.7. The van der Waals surface area contributed by atoms with Crippen molar-refractivity contribution in [1.82, 2.24) is 0 Å². The van der Waals surface area contributed by atoms with Gasteiger partial charge in [-0.1, -0.05) is 5.16 Å². The summed E-state index contributed by atoms with van der Waals surface area (Å²) in [7, 11) is 0. The average molecular weight is 385 g/mol. The van der Waals surface area contributed by atoms with E-state index in [0.29, 0.717) is 12.1 Å². The van der Waals surface area contributed by atoms with Gasteiger partial charge in [-0.15, -0.1) is 0 Å². The van der Waals surface area contributed by atoms with Gasteiger partial charge in [-0.3, -0.25) is 20.2 Å². The molecule has 2 aromatic carbocycles. The highest BCUT2D eigenvalue weighted by molar-refractivity contribution is 6.03.